The molecule has 1 aromatic carbocycles. The van der Waals surface area contributed by atoms with E-state index < -0.39 is 0 Å². The van der Waals surface area contributed by atoms with Crippen LogP contribution in [-0.4, -0.2) is 42.6 Å². The van der Waals surface area contributed by atoms with Crippen LogP contribution in [0.3, 0.4) is 0 Å². The molecule has 2 aliphatic rings. The predicted octanol–water partition coefficient (Wildman–Crippen LogP) is 2.83. The van der Waals surface area contributed by atoms with Gasteiger partial charge in [-0.1, -0.05) is 6.07 Å². The smallest absolute Gasteiger partial charge is 0.253 e. The van der Waals surface area contributed by atoms with Crippen LogP contribution in [0.25, 0.3) is 0 Å². The number of piperazine rings is 1. The molecule has 1 N–H and O–H groups in total. The Morgan fingerprint density at radius 1 is 1.23 bits per heavy atom. The van der Waals surface area contributed by atoms with Crippen LogP contribution in [0.2, 0.25) is 0 Å². The fourth-order valence-electron chi connectivity index (χ4n) is 3.39. The molecule has 1 amide bonds. The fraction of sp³-hybridized carbons (Fsp3) is 0.400. The summed E-state index contributed by atoms with van der Waals surface area (Å²) in [6, 6.07) is 11.1. The van der Waals surface area contributed by atoms with Gasteiger partial charge in [-0.25, -0.2) is 9.37 Å². The lowest BCUT2D eigenvalue weighted by molar-refractivity contribution is 0.0950. The van der Waals surface area contributed by atoms with Gasteiger partial charge in [0.25, 0.3) is 5.91 Å². The van der Waals surface area contributed by atoms with Gasteiger partial charge in [0, 0.05) is 43.6 Å². The number of carbonyl (C=O) groups is 1. The first-order valence-electron chi connectivity index (χ1n) is 9.14. The number of nitrogens with one attached hydrogen (secondary N) is 1. The van der Waals surface area contributed by atoms with E-state index in [1.807, 2.05) is 18.2 Å². The van der Waals surface area contributed by atoms with E-state index in [1.165, 1.54) is 6.07 Å². The Bertz CT molecular complexity index is 791. The lowest BCUT2D eigenvalue weighted by Gasteiger charge is -2.41. The quantitative estimate of drug-likeness (QED) is 0.917. The maximum Gasteiger partial charge on any atom is 0.253 e. The molecule has 0 radical (unpaired) electrons. The van der Waals surface area contributed by atoms with Crippen LogP contribution in [0.15, 0.2) is 42.6 Å². The summed E-state index contributed by atoms with van der Waals surface area (Å²) in [4.78, 5) is 21.0. The van der Waals surface area contributed by atoms with Crippen LogP contribution < -0.4 is 15.1 Å². The molecule has 1 unspecified atom stereocenters. The van der Waals surface area contributed by atoms with Crippen molar-refractivity contribution in [3.63, 3.8) is 0 Å². The van der Waals surface area contributed by atoms with E-state index in [9.17, 15) is 9.18 Å². The predicted molar refractivity (Wildman–Crippen MR) is 100 cm³/mol. The number of aromatic nitrogens is 1. The molecule has 2 aromatic rings. The standard InChI is InChI=1S/C20H23FN4O/c1-14-13-24(18-4-2-3-16(21)11-18)9-10-25(14)19-8-5-15(12-22-19)20(26)23-17-6-7-17/h2-5,8,11-12,14,17H,6-7,9-10,13H2,1H3,(H,23,26). The number of nitrogens with zero attached hydrogens (tertiary/aromatic N) is 3. The third-order valence-electron chi connectivity index (χ3n) is 5.02. The molecule has 1 aliphatic heterocycles. The molecule has 1 aromatic heterocycles. The van der Waals surface area contributed by atoms with Crippen molar-refractivity contribution in [1.82, 2.24) is 10.3 Å². The Balaban J connectivity index is 1.41. The lowest BCUT2D eigenvalue weighted by atomic mass is 10.1. The van der Waals surface area contributed by atoms with Crippen LogP contribution >= 0.6 is 0 Å². The van der Waals surface area contributed by atoms with Crippen LogP contribution in [0.5, 0.6) is 0 Å². The summed E-state index contributed by atoms with van der Waals surface area (Å²) in [7, 11) is 0. The van der Waals surface area contributed by atoms with E-state index in [0.717, 1.165) is 44.0 Å². The lowest BCUT2D eigenvalue weighted by Crippen LogP contribution is -2.52. The molecule has 6 heteroatoms. The molecule has 1 aliphatic carbocycles. The zero-order valence-electron chi connectivity index (χ0n) is 14.9. The van der Waals surface area contributed by atoms with E-state index in [2.05, 4.69) is 27.0 Å². The molecule has 136 valence electrons. The van der Waals surface area contributed by atoms with Crippen molar-refractivity contribution in [2.45, 2.75) is 31.8 Å². The van der Waals surface area contributed by atoms with Gasteiger partial charge < -0.3 is 15.1 Å². The normalized spacial score (nSPS) is 20.2. The Morgan fingerprint density at radius 3 is 2.73 bits per heavy atom. The van der Waals surface area contributed by atoms with Gasteiger partial charge >= 0.3 is 0 Å². The molecule has 1 saturated carbocycles. The molecule has 26 heavy (non-hydrogen) atoms. The zero-order valence-corrected chi connectivity index (χ0v) is 14.9. The minimum absolute atomic E-state index is 0.0458. The van der Waals surface area contributed by atoms with E-state index in [1.54, 1.807) is 18.3 Å². The Hall–Kier alpha value is -2.63. The minimum Gasteiger partial charge on any atom is -0.368 e. The maximum absolute atomic E-state index is 13.5. The summed E-state index contributed by atoms with van der Waals surface area (Å²) >= 11 is 0. The number of carbonyl (C=O) groups excluding carboxylic acids is 1. The average Bonchev–Trinajstić information content (AvgIpc) is 3.46. The summed E-state index contributed by atoms with van der Waals surface area (Å²) in [5.74, 6) is 0.620. The first-order valence-corrected chi connectivity index (χ1v) is 9.14. The second kappa shape index (κ2) is 6.94. The van der Waals surface area contributed by atoms with Gasteiger partial charge in [0.1, 0.15) is 11.6 Å². The largest absolute Gasteiger partial charge is 0.368 e. The van der Waals surface area contributed by atoms with Gasteiger partial charge in [-0.05, 0) is 50.1 Å². The Kier molecular flexibility index (Phi) is 4.49. The van der Waals surface area contributed by atoms with E-state index in [4.69, 9.17) is 0 Å². The fourth-order valence-corrected chi connectivity index (χ4v) is 3.39. The third kappa shape index (κ3) is 3.64. The van der Waals surface area contributed by atoms with Crippen molar-refractivity contribution < 1.29 is 9.18 Å². The number of halogens is 1. The monoisotopic (exact) mass is 354 g/mol. The third-order valence-corrected chi connectivity index (χ3v) is 5.02. The van der Waals surface area contributed by atoms with Crippen LogP contribution in [0, 0.1) is 5.82 Å². The first-order chi connectivity index (χ1) is 12.6. The van der Waals surface area contributed by atoms with Gasteiger partial charge in [-0.15, -0.1) is 0 Å². The zero-order chi connectivity index (χ0) is 18.1. The van der Waals surface area contributed by atoms with Crippen molar-refractivity contribution in [2.75, 3.05) is 29.4 Å². The summed E-state index contributed by atoms with van der Waals surface area (Å²) in [5.41, 5.74) is 1.52. The molecular formula is C20H23FN4O. The second-order valence-electron chi connectivity index (χ2n) is 7.12. The Labute approximate surface area is 152 Å². The van der Waals surface area contributed by atoms with Gasteiger partial charge in [0.2, 0.25) is 0 Å². The van der Waals surface area contributed by atoms with Gasteiger partial charge in [-0.3, -0.25) is 4.79 Å². The molecule has 1 atom stereocenters. The summed E-state index contributed by atoms with van der Waals surface area (Å²) < 4.78 is 13.5. The Morgan fingerprint density at radius 2 is 2.08 bits per heavy atom. The van der Waals surface area contributed by atoms with Crippen LogP contribution in [0.1, 0.15) is 30.1 Å². The highest BCUT2D eigenvalue weighted by Gasteiger charge is 2.26. The molecule has 5 nitrogen and oxygen atoms in total. The van der Waals surface area contributed by atoms with E-state index in [-0.39, 0.29) is 17.8 Å². The van der Waals surface area contributed by atoms with Gasteiger partial charge in [0.05, 0.1) is 5.56 Å². The SMILES string of the molecule is CC1CN(c2cccc(F)c2)CCN1c1ccc(C(=O)NC2CC2)cn1. The van der Waals surface area contributed by atoms with Crippen molar-refractivity contribution in [3.05, 3.63) is 54.0 Å². The number of amides is 1. The summed E-state index contributed by atoms with van der Waals surface area (Å²) in [6.07, 6.45) is 3.80. The van der Waals surface area contributed by atoms with Crippen molar-refractivity contribution in [2.24, 2.45) is 0 Å². The number of hydrogen-bond acceptors (Lipinski definition) is 4. The molecular weight excluding hydrogens is 331 g/mol. The molecule has 0 bridgehead atoms. The maximum atomic E-state index is 13.5. The number of rotatable bonds is 4. The van der Waals surface area contributed by atoms with Crippen molar-refractivity contribution in [1.29, 1.82) is 0 Å². The highest BCUT2D eigenvalue weighted by molar-refractivity contribution is 5.94. The molecule has 1 saturated heterocycles. The second-order valence-corrected chi connectivity index (χ2v) is 7.12. The first kappa shape index (κ1) is 16.8. The molecule has 2 heterocycles. The highest BCUT2D eigenvalue weighted by atomic mass is 19.1. The minimum atomic E-state index is -0.209. The van der Waals surface area contributed by atoms with Crippen LogP contribution in [-0.2, 0) is 0 Å². The van der Waals surface area contributed by atoms with Crippen molar-refractivity contribution in [3.8, 4) is 0 Å². The average molecular weight is 354 g/mol. The number of anilines is 2. The number of hydrogen-bond donors (Lipinski definition) is 1. The number of benzene rings is 1. The van der Waals surface area contributed by atoms with Crippen LogP contribution in [0.4, 0.5) is 15.9 Å². The van der Waals surface area contributed by atoms with Crippen molar-refractivity contribution >= 4 is 17.4 Å². The van der Waals surface area contributed by atoms with Gasteiger partial charge in [0.15, 0.2) is 0 Å². The molecule has 0 spiro atoms. The molecule has 2 fully saturated rings. The van der Waals surface area contributed by atoms with E-state index in [0.29, 0.717) is 11.6 Å². The summed E-state index contributed by atoms with van der Waals surface area (Å²) in [5, 5.41) is 2.98. The topological polar surface area (TPSA) is 48.5 Å². The number of pyridine rings is 1. The van der Waals surface area contributed by atoms with E-state index >= 15 is 0 Å². The highest BCUT2D eigenvalue weighted by Crippen LogP contribution is 2.24. The summed E-state index contributed by atoms with van der Waals surface area (Å²) in [6.45, 7) is 4.55. The molecule has 4 rings (SSSR count). The van der Waals surface area contributed by atoms with Gasteiger partial charge in [-0.2, -0.15) is 0 Å².